The van der Waals surface area contributed by atoms with Crippen molar-refractivity contribution in [3.63, 3.8) is 0 Å². The Morgan fingerprint density at radius 1 is 1.57 bits per heavy atom. The van der Waals surface area contributed by atoms with Gasteiger partial charge in [0.2, 0.25) is 5.91 Å². The molecule has 1 aliphatic carbocycles. The quantitative estimate of drug-likeness (QED) is 0.783. The number of amides is 1. The minimum atomic E-state index is -0.0159. The third kappa shape index (κ3) is 3.20. The summed E-state index contributed by atoms with van der Waals surface area (Å²) in [6.07, 6.45) is 4.26. The number of carbonyl (C=O) groups excluding carboxylic acids is 1. The number of hydrogen-bond donors (Lipinski definition) is 0. The third-order valence-corrected chi connectivity index (χ3v) is 5.07. The van der Waals surface area contributed by atoms with E-state index in [-0.39, 0.29) is 24.2 Å². The molecule has 1 aromatic heterocycles. The van der Waals surface area contributed by atoms with Crippen molar-refractivity contribution in [2.45, 2.75) is 37.5 Å². The molecule has 0 aromatic carbocycles. The second kappa shape index (κ2) is 6.73. The van der Waals surface area contributed by atoms with Gasteiger partial charge in [0.25, 0.3) is 0 Å². The van der Waals surface area contributed by atoms with E-state index in [4.69, 9.17) is 9.47 Å². The van der Waals surface area contributed by atoms with E-state index in [0.717, 1.165) is 17.7 Å². The van der Waals surface area contributed by atoms with Crippen LogP contribution < -0.4 is 0 Å². The van der Waals surface area contributed by atoms with E-state index in [2.05, 4.69) is 6.58 Å². The number of hydrogen-bond acceptors (Lipinski definition) is 4. The SMILES string of the molecule is C=CCO[C@@H]1[C@H]2CC[C@H]1OCCN2C(=O)Cc1cccs1. The van der Waals surface area contributed by atoms with Crippen LogP contribution in [0.3, 0.4) is 0 Å². The highest BCUT2D eigenvalue weighted by Crippen LogP contribution is 2.32. The van der Waals surface area contributed by atoms with Crippen LogP contribution in [-0.2, 0) is 20.7 Å². The molecule has 3 atom stereocenters. The molecule has 1 aliphatic heterocycles. The summed E-state index contributed by atoms with van der Waals surface area (Å²) in [6, 6.07) is 4.14. The lowest BCUT2D eigenvalue weighted by Gasteiger charge is -2.31. The molecule has 2 fully saturated rings. The van der Waals surface area contributed by atoms with Gasteiger partial charge in [0.1, 0.15) is 6.10 Å². The first-order valence-corrected chi connectivity index (χ1v) is 8.33. The second-order valence-corrected chi connectivity index (χ2v) is 6.52. The van der Waals surface area contributed by atoms with Crippen LogP contribution in [0.25, 0.3) is 0 Å². The van der Waals surface area contributed by atoms with Gasteiger partial charge >= 0.3 is 0 Å². The van der Waals surface area contributed by atoms with Gasteiger partial charge in [-0.1, -0.05) is 12.1 Å². The largest absolute Gasteiger partial charge is 0.374 e. The maximum absolute atomic E-state index is 12.6. The van der Waals surface area contributed by atoms with Crippen molar-refractivity contribution in [1.82, 2.24) is 4.90 Å². The van der Waals surface area contributed by atoms with Gasteiger partial charge in [-0.15, -0.1) is 17.9 Å². The summed E-state index contributed by atoms with van der Waals surface area (Å²) in [5, 5.41) is 2.01. The van der Waals surface area contributed by atoms with Crippen LogP contribution in [0, 0.1) is 0 Å². The smallest absolute Gasteiger partial charge is 0.228 e. The van der Waals surface area contributed by atoms with Gasteiger partial charge in [0.05, 0.1) is 31.8 Å². The van der Waals surface area contributed by atoms with Gasteiger partial charge in [-0.25, -0.2) is 0 Å². The van der Waals surface area contributed by atoms with Crippen molar-refractivity contribution in [3.8, 4) is 0 Å². The molecule has 0 spiro atoms. The topological polar surface area (TPSA) is 38.8 Å². The van der Waals surface area contributed by atoms with E-state index >= 15 is 0 Å². The van der Waals surface area contributed by atoms with Crippen LogP contribution >= 0.6 is 11.3 Å². The molecular weight excluding hydrogens is 286 g/mol. The van der Waals surface area contributed by atoms with Crippen LogP contribution in [0.1, 0.15) is 17.7 Å². The van der Waals surface area contributed by atoms with Crippen molar-refractivity contribution in [2.24, 2.45) is 0 Å². The van der Waals surface area contributed by atoms with Gasteiger partial charge in [-0.05, 0) is 24.3 Å². The fraction of sp³-hybridized carbons (Fsp3) is 0.562. The Balaban J connectivity index is 1.71. The first-order valence-electron chi connectivity index (χ1n) is 7.45. The number of ether oxygens (including phenoxy) is 2. The fourth-order valence-electron chi connectivity index (χ4n) is 3.26. The van der Waals surface area contributed by atoms with E-state index in [0.29, 0.717) is 26.2 Å². The van der Waals surface area contributed by atoms with Gasteiger partial charge in [-0.3, -0.25) is 4.79 Å². The van der Waals surface area contributed by atoms with Gasteiger partial charge in [0.15, 0.2) is 0 Å². The minimum absolute atomic E-state index is 0.0159. The number of carbonyl (C=O) groups is 1. The Morgan fingerprint density at radius 3 is 3.24 bits per heavy atom. The molecule has 1 saturated carbocycles. The van der Waals surface area contributed by atoms with E-state index in [1.807, 2.05) is 22.4 Å². The molecule has 0 N–H and O–H groups in total. The lowest BCUT2D eigenvalue weighted by molar-refractivity contribution is -0.134. The monoisotopic (exact) mass is 307 g/mol. The first kappa shape index (κ1) is 14.8. The highest BCUT2D eigenvalue weighted by molar-refractivity contribution is 7.10. The van der Waals surface area contributed by atoms with Crippen LogP contribution in [0.15, 0.2) is 30.2 Å². The Kier molecular flexibility index (Phi) is 4.73. The number of thiophene rings is 1. The summed E-state index contributed by atoms with van der Waals surface area (Å²) >= 11 is 1.63. The summed E-state index contributed by atoms with van der Waals surface area (Å²) in [5.41, 5.74) is 0. The zero-order valence-corrected chi connectivity index (χ0v) is 12.9. The van der Waals surface area contributed by atoms with Crippen LogP contribution in [0.2, 0.25) is 0 Å². The maximum atomic E-state index is 12.6. The fourth-order valence-corrected chi connectivity index (χ4v) is 3.96. The molecule has 2 heterocycles. The van der Waals surface area contributed by atoms with E-state index < -0.39 is 0 Å². The Morgan fingerprint density at radius 2 is 2.48 bits per heavy atom. The summed E-state index contributed by atoms with van der Waals surface area (Å²) < 4.78 is 11.7. The standard InChI is InChI=1S/C16H21NO3S/c1-2-8-20-16-13-5-6-14(16)19-9-7-17(13)15(18)11-12-4-3-10-21-12/h2-4,10,13-14,16H,1,5-9,11H2/t13-,14-,16-/m1/s1. The predicted octanol–water partition coefficient (Wildman–Crippen LogP) is 2.25. The van der Waals surface area contributed by atoms with Crippen molar-refractivity contribution < 1.29 is 14.3 Å². The molecule has 21 heavy (non-hydrogen) atoms. The average molecular weight is 307 g/mol. The maximum Gasteiger partial charge on any atom is 0.228 e. The minimum Gasteiger partial charge on any atom is -0.374 e. The average Bonchev–Trinajstić information content (AvgIpc) is 3.04. The lowest BCUT2D eigenvalue weighted by Crippen LogP contribution is -2.47. The van der Waals surface area contributed by atoms with Gasteiger partial charge in [0, 0.05) is 11.4 Å². The normalized spacial score (nSPS) is 28.4. The van der Waals surface area contributed by atoms with Crippen molar-refractivity contribution in [2.75, 3.05) is 19.8 Å². The molecule has 1 aromatic rings. The molecule has 2 bridgehead atoms. The molecule has 1 amide bonds. The molecule has 5 heteroatoms. The highest BCUT2D eigenvalue weighted by atomic mass is 32.1. The second-order valence-electron chi connectivity index (χ2n) is 5.48. The lowest BCUT2D eigenvalue weighted by atomic mass is 10.1. The van der Waals surface area contributed by atoms with Crippen LogP contribution in [0.4, 0.5) is 0 Å². The molecule has 0 radical (unpaired) electrons. The van der Waals surface area contributed by atoms with Gasteiger partial charge < -0.3 is 14.4 Å². The summed E-state index contributed by atoms with van der Waals surface area (Å²) in [5.74, 6) is 0.181. The summed E-state index contributed by atoms with van der Waals surface area (Å²) in [6.45, 7) is 5.47. The molecule has 114 valence electrons. The molecule has 2 aliphatic rings. The number of nitrogens with zero attached hydrogens (tertiary/aromatic N) is 1. The Labute approximate surface area is 129 Å². The van der Waals surface area contributed by atoms with Crippen molar-refractivity contribution in [1.29, 1.82) is 0 Å². The van der Waals surface area contributed by atoms with Crippen LogP contribution in [-0.4, -0.2) is 48.8 Å². The zero-order valence-electron chi connectivity index (χ0n) is 12.1. The molecule has 1 saturated heterocycles. The van der Waals surface area contributed by atoms with Crippen molar-refractivity contribution in [3.05, 3.63) is 35.0 Å². The Hall–Kier alpha value is -1.17. The predicted molar refractivity (Wildman–Crippen MR) is 82.4 cm³/mol. The Bertz CT molecular complexity index is 488. The first-order chi connectivity index (χ1) is 10.3. The van der Waals surface area contributed by atoms with Crippen molar-refractivity contribution >= 4 is 17.2 Å². The zero-order chi connectivity index (χ0) is 14.7. The molecule has 0 unspecified atom stereocenters. The number of fused-ring (bicyclic) bond motifs is 2. The molecule has 4 nitrogen and oxygen atoms in total. The van der Waals surface area contributed by atoms with Gasteiger partial charge in [-0.2, -0.15) is 0 Å². The van der Waals surface area contributed by atoms with Crippen LogP contribution in [0.5, 0.6) is 0 Å². The van der Waals surface area contributed by atoms with E-state index in [1.165, 1.54) is 0 Å². The van der Waals surface area contributed by atoms with E-state index in [1.54, 1.807) is 17.4 Å². The highest BCUT2D eigenvalue weighted by Gasteiger charge is 2.44. The summed E-state index contributed by atoms with van der Waals surface area (Å²) in [4.78, 5) is 15.7. The molecule has 3 rings (SSSR count). The third-order valence-electron chi connectivity index (χ3n) is 4.19. The molecular formula is C16H21NO3S. The number of rotatable bonds is 5. The summed E-state index contributed by atoms with van der Waals surface area (Å²) in [7, 11) is 0. The van der Waals surface area contributed by atoms with E-state index in [9.17, 15) is 4.79 Å².